The fourth-order valence-electron chi connectivity index (χ4n) is 3.01. The van der Waals surface area contributed by atoms with Gasteiger partial charge in [-0.05, 0) is 68.3 Å². The van der Waals surface area contributed by atoms with Gasteiger partial charge in [-0.1, -0.05) is 17.7 Å². The third-order valence-corrected chi connectivity index (χ3v) is 5.78. The first kappa shape index (κ1) is 19.9. The van der Waals surface area contributed by atoms with Crippen molar-refractivity contribution in [1.82, 2.24) is 4.72 Å². The molecule has 146 valence electrons. The van der Waals surface area contributed by atoms with Crippen molar-refractivity contribution in [1.29, 1.82) is 0 Å². The lowest BCUT2D eigenvalue weighted by molar-refractivity contribution is 0.102. The Morgan fingerprint density at radius 3 is 2.21 bits per heavy atom. The van der Waals surface area contributed by atoms with Gasteiger partial charge in [-0.2, -0.15) is 0 Å². The maximum atomic E-state index is 12.6. The minimum absolute atomic E-state index is 0.0591. The van der Waals surface area contributed by atoms with Crippen LogP contribution in [0.4, 0.5) is 5.69 Å². The predicted octanol–water partition coefficient (Wildman–Crippen LogP) is 3.94. The van der Waals surface area contributed by atoms with E-state index in [2.05, 4.69) is 10.0 Å². The number of aryl methyl sites for hydroxylation is 3. The zero-order valence-electron chi connectivity index (χ0n) is 15.9. The Hall–Kier alpha value is -2.90. The smallest absolute Gasteiger partial charge is 0.255 e. The highest BCUT2D eigenvalue weighted by Gasteiger charge is 2.16. The number of hydrogen-bond acceptors (Lipinski definition) is 4. The second kappa shape index (κ2) is 8.00. The second-order valence-electron chi connectivity index (χ2n) is 6.66. The van der Waals surface area contributed by atoms with Crippen LogP contribution in [0.5, 0.6) is 0 Å². The van der Waals surface area contributed by atoms with Crippen molar-refractivity contribution in [3.8, 4) is 0 Å². The van der Waals surface area contributed by atoms with E-state index in [1.807, 2.05) is 32.9 Å². The second-order valence-corrected chi connectivity index (χ2v) is 8.42. The van der Waals surface area contributed by atoms with E-state index in [-0.39, 0.29) is 17.3 Å². The summed E-state index contributed by atoms with van der Waals surface area (Å²) in [5.41, 5.74) is 4.24. The van der Waals surface area contributed by atoms with Crippen LogP contribution in [0.25, 0.3) is 0 Å². The van der Waals surface area contributed by atoms with Crippen LogP contribution in [0.3, 0.4) is 0 Å². The van der Waals surface area contributed by atoms with Gasteiger partial charge in [0.25, 0.3) is 5.91 Å². The van der Waals surface area contributed by atoms with E-state index < -0.39 is 10.0 Å². The van der Waals surface area contributed by atoms with E-state index in [9.17, 15) is 13.2 Å². The molecule has 0 aliphatic heterocycles. The number of amides is 1. The monoisotopic (exact) mass is 398 g/mol. The number of sulfonamides is 1. The van der Waals surface area contributed by atoms with Crippen molar-refractivity contribution in [2.24, 2.45) is 0 Å². The topological polar surface area (TPSA) is 88.4 Å². The highest BCUT2D eigenvalue weighted by atomic mass is 32.2. The first-order chi connectivity index (χ1) is 13.3. The minimum atomic E-state index is -3.70. The van der Waals surface area contributed by atoms with Crippen LogP contribution >= 0.6 is 0 Å². The zero-order valence-corrected chi connectivity index (χ0v) is 16.8. The van der Waals surface area contributed by atoms with Gasteiger partial charge in [0.1, 0.15) is 5.76 Å². The number of carbonyl (C=O) groups excluding carboxylic acids is 1. The summed E-state index contributed by atoms with van der Waals surface area (Å²) in [4.78, 5) is 12.6. The Labute approximate surface area is 164 Å². The van der Waals surface area contributed by atoms with Crippen molar-refractivity contribution in [2.75, 3.05) is 5.32 Å². The Bertz CT molecular complexity index is 1060. The highest BCUT2D eigenvalue weighted by molar-refractivity contribution is 7.89. The Kier molecular flexibility index (Phi) is 5.67. The number of nitrogens with one attached hydrogen (secondary N) is 2. The summed E-state index contributed by atoms with van der Waals surface area (Å²) in [7, 11) is -3.70. The lowest BCUT2D eigenvalue weighted by atomic mass is 10.0. The summed E-state index contributed by atoms with van der Waals surface area (Å²) >= 11 is 0. The molecule has 3 aromatic rings. The summed E-state index contributed by atoms with van der Waals surface area (Å²) in [6, 6.07) is 13.2. The normalized spacial score (nSPS) is 11.4. The number of furan rings is 1. The van der Waals surface area contributed by atoms with E-state index >= 15 is 0 Å². The molecule has 0 atom stereocenters. The molecule has 0 radical (unpaired) electrons. The van der Waals surface area contributed by atoms with Crippen molar-refractivity contribution in [3.63, 3.8) is 0 Å². The molecule has 0 saturated heterocycles. The third-order valence-electron chi connectivity index (χ3n) is 4.36. The Morgan fingerprint density at radius 2 is 1.64 bits per heavy atom. The number of rotatable bonds is 6. The van der Waals surface area contributed by atoms with Crippen LogP contribution in [0.2, 0.25) is 0 Å². The van der Waals surface area contributed by atoms with Crippen LogP contribution in [0.15, 0.2) is 64.1 Å². The van der Waals surface area contributed by atoms with Gasteiger partial charge in [-0.15, -0.1) is 0 Å². The van der Waals surface area contributed by atoms with Crippen LogP contribution in [-0.2, 0) is 16.6 Å². The van der Waals surface area contributed by atoms with Gasteiger partial charge in [-0.25, -0.2) is 13.1 Å². The molecule has 0 saturated carbocycles. The van der Waals surface area contributed by atoms with Gasteiger partial charge in [0.15, 0.2) is 0 Å². The average molecular weight is 398 g/mol. The molecular weight excluding hydrogens is 376 g/mol. The fourth-order valence-corrected chi connectivity index (χ4v) is 4.00. The molecule has 0 aliphatic carbocycles. The molecule has 0 fully saturated rings. The maximum Gasteiger partial charge on any atom is 0.255 e. The molecule has 0 bridgehead atoms. The molecule has 1 aromatic heterocycles. The molecule has 0 aliphatic rings. The molecule has 2 aromatic carbocycles. The first-order valence-corrected chi connectivity index (χ1v) is 10.3. The van der Waals surface area contributed by atoms with Gasteiger partial charge in [0, 0.05) is 11.3 Å². The van der Waals surface area contributed by atoms with E-state index in [4.69, 9.17) is 4.42 Å². The third kappa shape index (κ3) is 4.49. The fraction of sp³-hybridized carbons (Fsp3) is 0.190. The van der Waals surface area contributed by atoms with Gasteiger partial charge in [0.05, 0.1) is 17.7 Å². The zero-order chi connectivity index (χ0) is 20.3. The lowest BCUT2D eigenvalue weighted by Gasteiger charge is -2.13. The molecular formula is C21H22N2O4S. The van der Waals surface area contributed by atoms with Gasteiger partial charge >= 0.3 is 0 Å². The van der Waals surface area contributed by atoms with Crippen LogP contribution in [0, 0.1) is 20.8 Å². The Morgan fingerprint density at radius 1 is 1.00 bits per heavy atom. The molecule has 1 amide bonds. The van der Waals surface area contributed by atoms with Crippen molar-refractivity contribution in [2.45, 2.75) is 32.2 Å². The maximum absolute atomic E-state index is 12.6. The summed E-state index contributed by atoms with van der Waals surface area (Å²) in [6.07, 6.45) is 1.48. The standard InChI is InChI=1S/C21H22N2O4S/c1-14-11-15(2)20(16(3)12-14)23-21(24)17-6-8-19(9-7-17)28(25,26)22-13-18-5-4-10-27-18/h4-12,22H,13H2,1-3H3,(H,23,24). The van der Waals surface area contributed by atoms with Crippen LogP contribution in [-0.4, -0.2) is 14.3 Å². The molecule has 0 unspecified atom stereocenters. The molecule has 28 heavy (non-hydrogen) atoms. The van der Waals surface area contributed by atoms with Crippen molar-refractivity contribution in [3.05, 3.63) is 82.8 Å². The summed E-state index contributed by atoms with van der Waals surface area (Å²) in [5, 5.41) is 2.91. The summed E-state index contributed by atoms with van der Waals surface area (Å²) in [5.74, 6) is 0.228. The predicted molar refractivity (Wildman–Crippen MR) is 108 cm³/mol. The molecule has 7 heteroatoms. The minimum Gasteiger partial charge on any atom is -0.468 e. The van der Waals surface area contributed by atoms with E-state index in [0.29, 0.717) is 11.3 Å². The summed E-state index contributed by atoms with van der Waals surface area (Å²) < 4.78 is 32.3. The van der Waals surface area contributed by atoms with Crippen molar-refractivity contribution < 1.29 is 17.6 Å². The van der Waals surface area contributed by atoms with E-state index in [0.717, 1.165) is 22.4 Å². The number of carbonyl (C=O) groups is 1. The van der Waals surface area contributed by atoms with Crippen molar-refractivity contribution >= 4 is 21.6 Å². The number of hydrogen-bond donors (Lipinski definition) is 2. The molecule has 2 N–H and O–H groups in total. The quantitative estimate of drug-likeness (QED) is 0.658. The number of benzene rings is 2. The van der Waals surface area contributed by atoms with Gasteiger partial charge in [0.2, 0.25) is 10.0 Å². The average Bonchev–Trinajstić information content (AvgIpc) is 3.17. The first-order valence-electron chi connectivity index (χ1n) is 8.77. The SMILES string of the molecule is Cc1cc(C)c(NC(=O)c2ccc(S(=O)(=O)NCc3ccco3)cc2)c(C)c1. The van der Waals surface area contributed by atoms with Gasteiger partial charge in [-0.3, -0.25) is 4.79 Å². The Balaban J connectivity index is 1.72. The van der Waals surface area contributed by atoms with Crippen LogP contribution in [0.1, 0.15) is 32.8 Å². The van der Waals surface area contributed by atoms with Crippen LogP contribution < -0.4 is 10.0 Å². The summed E-state index contributed by atoms with van der Waals surface area (Å²) in [6.45, 7) is 5.94. The molecule has 0 spiro atoms. The molecule has 1 heterocycles. The molecule has 6 nitrogen and oxygen atoms in total. The van der Waals surface area contributed by atoms with E-state index in [1.165, 1.54) is 30.5 Å². The highest BCUT2D eigenvalue weighted by Crippen LogP contribution is 2.23. The molecule has 3 rings (SSSR count). The van der Waals surface area contributed by atoms with Gasteiger partial charge < -0.3 is 9.73 Å². The van der Waals surface area contributed by atoms with E-state index in [1.54, 1.807) is 12.1 Å². The number of anilines is 1. The largest absolute Gasteiger partial charge is 0.468 e. The lowest BCUT2D eigenvalue weighted by Crippen LogP contribution is -2.23.